The van der Waals surface area contributed by atoms with Crippen molar-refractivity contribution in [2.45, 2.75) is 12.8 Å². The molecule has 1 aliphatic rings. The fourth-order valence-electron chi connectivity index (χ4n) is 0.893. The molecule has 0 aliphatic heterocycles. The Morgan fingerprint density at radius 2 is 2.27 bits per heavy atom. The van der Waals surface area contributed by atoms with Gasteiger partial charge < -0.3 is 10.2 Å². The van der Waals surface area contributed by atoms with Crippen LogP contribution in [0.5, 0.6) is 0 Å². The Morgan fingerprint density at radius 3 is 2.73 bits per heavy atom. The molecule has 2 N–H and O–H groups in total. The maximum Gasteiger partial charge on any atom is 0.339 e. The van der Waals surface area contributed by atoms with Gasteiger partial charge in [-0.1, -0.05) is 6.08 Å². The average Bonchev–Trinajstić information content (AvgIpc) is 1.94. The zero-order chi connectivity index (χ0) is 8.43. The number of allylic oxidation sites excluding steroid dienone is 2. The number of hydrogen-bond acceptors (Lipinski definition) is 2. The van der Waals surface area contributed by atoms with Crippen molar-refractivity contribution in [1.82, 2.24) is 0 Å². The molecule has 4 heteroatoms. The van der Waals surface area contributed by atoms with Crippen LogP contribution in [0.15, 0.2) is 23.2 Å². The highest BCUT2D eigenvalue weighted by Crippen LogP contribution is 2.23. The number of carboxylic acid groups (broad SMARTS) is 1. The highest BCUT2D eigenvalue weighted by atomic mass is 19.1. The van der Waals surface area contributed by atoms with Crippen molar-refractivity contribution in [2.24, 2.45) is 0 Å². The van der Waals surface area contributed by atoms with Gasteiger partial charge in [-0.3, -0.25) is 0 Å². The molecule has 60 valence electrons. The van der Waals surface area contributed by atoms with Crippen LogP contribution in [-0.2, 0) is 4.79 Å². The molecular weight excluding hydrogens is 151 g/mol. The highest BCUT2D eigenvalue weighted by Gasteiger charge is 2.20. The smallest absolute Gasteiger partial charge is 0.339 e. The van der Waals surface area contributed by atoms with Crippen LogP contribution >= 0.6 is 0 Å². The molecule has 0 amide bonds. The molecule has 0 atom stereocenters. The minimum absolute atomic E-state index is 0.0859. The first-order valence-electron chi connectivity index (χ1n) is 3.14. The van der Waals surface area contributed by atoms with Gasteiger partial charge in [-0.05, 0) is 6.42 Å². The van der Waals surface area contributed by atoms with E-state index in [4.69, 9.17) is 10.2 Å². The van der Waals surface area contributed by atoms with E-state index in [1.165, 1.54) is 6.08 Å². The molecule has 0 fully saturated rings. The molecule has 1 rings (SSSR count). The summed E-state index contributed by atoms with van der Waals surface area (Å²) < 4.78 is 12.5. The third-order valence-electron chi connectivity index (χ3n) is 1.45. The van der Waals surface area contributed by atoms with E-state index in [-0.39, 0.29) is 12.0 Å². The molecule has 0 radical (unpaired) electrons. The van der Waals surface area contributed by atoms with E-state index >= 15 is 0 Å². The van der Waals surface area contributed by atoms with Crippen molar-refractivity contribution in [3.8, 4) is 0 Å². The Morgan fingerprint density at radius 1 is 1.64 bits per heavy atom. The number of aliphatic hydroxyl groups is 1. The zero-order valence-corrected chi connectivity index (χ0v) is 5.67. The summed E-state index contributed by atoms with van der Waals surface area (Å²) in [6.07, 6.45) is 1.72. The van der Waals surface area contributed by atoms with Crippen molar-refractivity contribution in [3.05, 3.63) is 23.2 Å². The molecule has 0 heterocycles. The number of hydrogen-bond donors (Lipinski definition) is 2. The number of carboxylic acids is 1. The van der Waals surface area contributed by atoms with E-state index in [1.807, 2.05) is 0 Å². The molecule has 1 aliphatic carbocycles. The van der Waals surface area contributed by atoms with Gasteiger partial charge in [0, 0.05) is 6.42 Å². The van der Waals surface area contributed by atoms with Crippen LogP contribution in [0.1, 0.15) is 12.8 Å². The first-order valence-corrected chi connectivity index (χ1v) is 3.14. The summed E-state index contributed by atoms with van der Waals surface area (Å²) in [5, 5.41) is 17.3. The third kappa shape index (κ3) is 1.39. The highest BCUT2D eigenvalue weighted by molar-refractivity contribution is 5.91. The van der Waals surface area contributed by atoms with Gasteiger partial charge in [0.15, 0.2) is 5.76 Å². The van der Waals surface area contributed by atoms with E-state index < -0.39 is 17.6 Å². The standard InChI is InChI=1S/C7H7FO3/c8-5-3-1-2-4(6(5)9)7(10)11/h2,9H,1,3H2,(H,10,11). The second kappa shape index (κ2) is 2.74. The van der Waals surface area contributed by atoms with Crippen LogP contribution in [0.2, 0.25) is 0 Å². The Balaban J connectivity index is 2.98. The van der Waals surface area contributed by atoms with Crippen LogP contribution in [0.25, 0.3) is 0 Å². The summed E-state index contributed by atoms with van der Waals surface area (Å²) in [7, 11) is 0. The van der Waals surface area contributed by atoms with Gasteiger partial charge in [0.2, 0.25) is 0 Å². The lowest BCUT2D eigenvalue weighted by Gasteiger charge is -2.08. The fourth-order valence-corrected chi connectivity index (χ4v) is 0.893. The van der Waals surface area contributed by atoms with Crippen LogP contribution < -0.4 is 0 Å². The lowest BCUT2D eigenvalue weighted by atomic mass is 10.0. The number of aliphatic carboxylic acids is 1. The first-order chi connectivity index (χ1) is 5.13. The SMILES string of the molecule is O=C(O)C1=CCCC(F)=C1O. The van der Waals surface area contributed by atoms with Gasteiger partial charge in [-0.15, -0.1) is 0 Å². The van der Waals surface area contributed by atoms with Crippen molar-refractivity contribution >= 4 is 5.97 Å². The molecule has 0 unspecified atom stereocenters. The van der Waals surface area contributed by atoms with Gasteiger partial charge in [-0.25, -0.2) is 9.18 Å². The second-order valence-corrected chi connectivity index (χ2v) is 2.22. The van der Waals surface area contributed by atoms with Crippen LogP contribution in [0.3, 0.4) is 0 Å². The summed E-state index contributed by atoms with van der Waals surface area (Å²) >= 11 is 0. The van der Waals surface area contributed by atoms with E-state index in [0.717, 1.165) is 0 Å². The summed E-state index contributed by atoms with van der Waals surface area (Å²) in [5.74, 6) is -2.77. The molecule has 0 aromatic carbocycles. The summed E-state index contributed by atoms with van der Waals surface area (Å²) in [4.78, 5) is 10.3. The summed E-state index contributed by atoms with van der Waals surface area (Å²) in [6.45, 7) is 0. The van der Waals surface area contributed by atoms with Crippen LogP contribution in [0, 0.1) is 0 Å². The maximum atomic E-state index is 12.5. The maximum absolute atomic E-state index is 12.5. The van der Waals surface area contributed by atoms with Gasteiger partial charge in [0.25, 0.3) is 0 Å². The van der Waals surface area contributed by atoms with E-state index in [9.17, 15) is 9.18 Å². The molecule has 3 nitrogen and oxygen atoms in total. The lowest BCUT2D eigenvalue weighted by molar-refractivity contribution is -0.132. The van der Waals surface area contributed by atoms with Gasteiger partial charge >= 0.3 is 5.97 Å². The van der Waals surface area contributed by atoms with E-state index in [1.54, 1.807) is 0 Å². The predicted octanol–water partition coefficient (Wildman–Crippen LogP) is 1.53. The Kier molecular flexibility index (Phi) is 1.94. The van der Waals surface area contributed by atoms with E-state index in [2.05, 4.69) is 0 Å². The van der Waals surface area contributed by atoms with Crippen molar-refractivity contribution in [1.29, 1.82) is 0 Å². The minimum atomic E-state index is -1.29. The van der Waals surface area contributed by atoms with Gasteiger partial charge in [-0.2, -0.15) is 0 Å². The predicted molar refractivity (Wildman–Crippen MR) is 35.7 cm³/mol. The van der Waals surface area contributed by atoms with Crippen LogP contribution in [0.4, 0.5) is 4.39 Å². The Hall–Kier alpha value is -1.32. The number of carbonyl (C=O) groups is 1. The molecule has 0 aromatic rings. The van der Waals surface area contributed by atoms with Crippen molar-refractivity contribution < 1.29 is 19.4 Å². The molecule has 0 bridgehead atoms. The first kappa shape index (κ1) is 7.78. The molecule has 0 spiro atoms. The molecule has 0 aromatic heterocycles. The quantitative estimate of drug-likeness (QED) is 0.608. The number of rotatable bonds is 1. The zero-order valence-electron chi connectivity index (χ0n) is 5.67. The van der Waals surface area contributed by atoms with Crippen molar-refractivity contribution in [3.63, 3.8) is 0 Å². The van der Waals surface area contributed by atoms with E-state index in [0.29, 0.717) is 6.42 Å². The van der Waals surface area contributed by atoms with Gasteiger partial charge in [0.1, 0.15) is 5.83 Å². The average molecular weight is 158 g/mol. The minimum Gasteiger partial charge on any atom is -0.504 e. The van der Waals surface area contributed by atoms with Crippen LogP contribution in [-0.4, -0.2) is 16.2 Å². The fraction of sp³-hybridized carbons (Fsp3) is 0.286. The lowest BCUT2D eigenvalue weighted by Crippen LogP contribution is -2.07. The largest absolute Gasteiger partial charge is 0.504 e. The summed E-state index contributed by atoms with van der Waals surface area (Å²) in [6, 6.07) is 0. The Labute approximate surface area is 62.5 Å². The topological polar surface area (TPSA) is 57.5 Å². The normalized spacial score (nSPS) is 18.1. The van der Waals surface area contributed by atoms with Crippen molar-refractivity contribution in [2.75, 3.05) is 0 Å². The monoisotopic (exact) mass is 158 g/mol. The number of halogens is 1. The molecule has 0 saturated carbocycles. The Bertz CT molecular complexity index is 252. The number of aliphatic hydroxyl groups excluding tert-OH is 1. The van der Waals surface area contributed by atoms with Gasteiger partial charge in [0.05, 0.1) is 5.57 Å². The third-order valence-corrected chi connectivity index (χ3v) is 1.45. The molecule has 11 heavy (non-hydrogen) atoms. The molecular formula is C7H7FO3. The second-order valence-electron chi connectivity index (χ2n) is 2.22. The summed E-state index contributed by atoms with van der Waals surface area (Å²) in [5.41, 5.74) is -0.339. The molecule has 0 saturated heterocycles.